The summed E-state index contributed by atoms with van der Waals surface area (Å²) in [4.78, 5) is 0. The highest BCUT2D eigenvalue weighted by atomic mass is 16.5. The lowest BCUT2D eigenvalue weighted by atomic mass is 10.1. The van der Waals surface area contributed by atoms with E-state index in [-0.39, 0.29) is 0 Å². The van der Waals surface area contributed by atoms with Crippen LogP contribution in [0.15, 0.2) is 78.9 Å². The van der Waals surface area contributed by atoms with Crippen molar-refractivity contribution >= 4 is 0 Å². The lowest BCUT2D eigenvalue weighted by molar-refractivity contribution is 0.288. The van der Waals surface area contributed by atoms with Crippen molar-refractivity contribution in [2.24, 2.45) is 0 Å². The normalized spacial score (nSPS) is 10.4. The molecule has 0 N–H and O–H groups in total. The number of hydrogen-bond acceptors (Lipinski definition) is 2. The van der Waals surface area contributed by atoms with Gasteiger partial charge in [0.25, 0.3) is 0 Å². The molecular weight excluding hydrogens is 296 g/mol. The van der Waals surface area contributed by atoms with E-state index in [9.17, 15) is 0 Å². The van der Waals surface area contributed by atoms with Crippen LogP contribution in [0.4, 0.5) is 0 Å². The molecule has 0 radical (unpaired) electrons. The minimum atomic E-state index is 0.560. The second-order valence-corrected chi connectivity index (χ2v) is 5.67. The van der Waals surface area contributed by atoms with Gasteiger partial charge in [-0.25, -0.2) is 0 Å². The molecule has 0 amide bonds. The van der Waals surface area contributed by atoms with E-state index in [1.54, 1.807) is 0 Å². The van der Waals surface area contributed by atoms with Crippen LogP contribution < -0.4 is 9.47 Å². The quantitative estimate of drug-likeness (QED) is 0.580. The van der Waals surface area contributed by atoms with Gasteiger partial charge in [-0.3, -0.25) is 0 Å². The fourth-order valence-electron chi connectivity index (χ4n) is 2.53. The lowest BCUT2D eigenvalue weighted by Crippen LogP contribution is -2.00. The van der Waals surface area contributed by atoms with Crippen LogP contribution in [0.2, 0.25) is 0 Å². The minimum Gasteiger partial charge on any atom is -0.489 e. The fraction of sp³-hybridized carbons (Fsp3) is 0.182. The second-order valence-electron chi connectivity index (χ2n) is 5.67. The van der Waals surface area contributed by atoms with Gasteiger partial charge in [-0.05, 0) is 29.2 Å². The Hall–Kier alpha value is -2.74. The second kappa shape index (κ2) is 8.21. The SMILES string of the molecule is CCc1ccc(OCc2ccccc2)cc1OCc1ccccc1. The van der Waals surface area contributed by atoms with E-state index in [1.807, 2.05) is 48.5 Å². The maximum absolute atomic E-state index is 6.03. The zero-order valence-electron chi connectivity index (χ0n) is 13.9. The van der Waals surface area contributed by atoms with E-state index in [1.165, 1.54) is 5.56 Å². The number of rotatable bonds is 7. The van der Waals surface area contributed by atoms with Crippen molar-refractivity contribution in [1.29, 1.82) is 0 Å². The number of ether oxygens (including phenoxy) is 2. The molecule has 0 saturated heterocycles. The highest BCUT2D eigenvalue weighted by Gasteiger charge is 2.06. The summed E-state index contributed by atoms with van der Waals surface area (Å²) in [5.41, 5.74) is 3.51. The van der Waals surface area contributed by atoms with Crippen LogP contribution in [0.3, 0.4) is 0 Å². The van der Waals surface area contributed by atoms with Crippen LogP contribution in [0.5, 0.6) is 11.5 Å². The monoisotopic (exact) mass is 318 g/mol. The minimum absolute atomic E-state index is 0.560. The van der Waals surface area contributed by atoms with Crippen molar-refractivity contribution in [3.63, 3.8) is 0 Å². The van der Waals surface area contributed by atoms with E-state index < -0.39 is 0 Å². The third-order valence-electron chi connectivity index (χ3n) is 3.91. The Morgan fingerprint density at radius 2 is 1.25 bits per heavy atom. The van der Waals surface area contributed by atoms with Crippen LogP contribution in [0.1, 0.15) is 23.6 Å². The van der Waals surface area contributed by atoms with Crippen LogP contribution in [0, 0.1) is 0 Å². The molecule has 2 heteroatoms. The summed E-state index contributed by atoms with van der Waals surface area (Å²) in [5, 5.41) is 0. The topological polar surface area (TPSA) is 18.5 Å². The predicted octanol–water partition coefficient (Wildman–Crippen LogP) is 5.41. The molecule has 0 aliphatic rings. The standard InChI is InChI=1S/C22H22O2/c1-2-20-13-14-21(23-16-18-9-5-3-6-10-18)15-22(20)24-17-19-11-7-4-8-12-19/h3-15H,2,16-17H2,1H3. The van der Waals surface area contributed by atoms with Gasteiger partial charge < -0.3 is 9.47 Å². The summed E-state index contributed by atoms with van der Waals surface area (Å²) in [5.74, 6) is 1.73. The molecule has 2 nitrogen and oxygen atoms in total. The van der Waals surface area contributed by atoms with Gasteiger partial charge in [0.1, 0.15) is 24.7 Å². The Labute approximate surface area is 143 Å². The summed E-state index contributed by atoms with van der Waals surface area (Å²) in [6.45, 7) is 3.26. The molecule has 3 rings (SSSR count). The molecule has 0 aliphatic heterocycles. The van der Waals surface area contributed by atoms with Gasteiger partial charge in [-0.1, -0.05) is 73.7 Å². The number of benzene rings is 3. The summed E-state index contributed by atoms with van der Waals surface area (Å²) < 4.78 is 11.9. The molecule has 122 valence electrons. The Morgan fingerprint density at radius 1 is 0.667 bits per heavy atom. The Bertz CT molecular complexity index is 751. The Morgan fingerprint density at radius 3 is 1.83 bits per heavy atom. The molecule has 0 atom stereocenters. The summed E-state index contributed by atoms with van der Waals surface area (Å²) in [6.07, 6.45) is 0.934. The first-order valence-electron chi connectivity index (χ1n) is 8.31. The number of hydrogen-bond donors (Lipinski definition) is 0. The van der Waals surface area contributed by atoms with Gasteiger partial charge in [-0.15, -0.1) is 0 Å². The van der Waals surface area contributed by atoms with E-state index >= 15 is 0 Å². The van der Waals surface area contributed by atoms with Crippen LogP contribution in [0.25, 0.3) is 0 Å². The van der Waals surface area contributed by atoms with Crippen molar-refractivity contribution < 1.29 is 9.47 Å². The molecule has 0 bridgehead atoms. The van der Waals surface area contributed by atoms with Gasteiger partial charge in [0, 0.05) is 6.07 Å². The zero-order valence-corrected chi connectivity index (χ0v) is 13.9. The molecule has 3 aromatic rings. The first-order chi connectivity index (χ1) is 11.8. The predicted molar refractivity (Wildman–Crippen MR) is 97.4 cm³/mol. The maximum Gasteiger partial charge on any atom is 0.126 e. The van der Waals surface area contributed by atoms with E-state index in [4.69, 9.17) is 9.47 Å². The molecule has 0 aliphatic carbocycles. The average molecular weight is 318 g/mol. The molecule has 0 unspecified atom stereocenters. The van der Waals surface area contributed by atoms with Crippen molar-refractivity contribution in [2.45, 2.75) is 26.6 Å². The largest absolute Gasteiger partial charge is 0.489 e. The van der Waals surface area contributed by atoms with E-state index in [0.717, 1.165) is 29.0 Å². The fourth-order valence-corrected chi connectivity index (χ4v) is 2.53. The van der Waals surface area contributed by atoms with Gasteiger partial charge in [0.05, 0.1) is 0 Å². The number of aryl methyl sites for hydroxylation is 1. The highest BCUT2D eigenvalue weighted by molar-refractivity contribution is 5.41. The van der Waals surface area contributed by atoms with Crippen LogP contribution in [-0.4, -0.2) is 0 Å². The molecular formula is C22H22O2. The molecule has 0 spiro atoms. The molecule has 0 saturated carbocycles. The summed E-state index contributed by atoms with van der Waals surface area (Å²) in [7, 11) is 0. The highest BCUT2D eigenvalue weighted by Crippen LogP contribution is 2.27. The Balaban J connectivity index is 1.68. The molecule has 3 aromatic carbocycles. The summed E-state index contributed by atoms with van der Waals surface area (Å²) >= 11 is 0. The van der Waals surface area contributed by atoms with E-state index in [0.29, 0.717) is 13.2 Å². The van der Waals surface area contributed by atoms with Crippen molar-refractivity contribution in [2.75, 3.05) is 0 Å². The van der Waals surface area contributed by atoms with Gasteiger partial charge in [0.15, 0.2) is 0 Å². The third-order valence-corrected chi connectivity index (χ3v) is 3.91. The van der Waals surface area contributed by atoms with Gasteiger partial charge in [-0.2, -0.15) is 0 Å². The van der Waals surface area contributed by atoms with Crippen LogP contribution >= 0.6 is 0 Å². The van der Waals surface area contributed by atoms with E-state index in [2.05, 4.69) is 37.3 Å². The molecule has 0 fully saturated rings. The van der Waals surface area contributed by atoms with Gasteiger partial charge >= 0.3 is 0 Å². The lowest BCUT2D eigenvalue weighted by Gasteiger charge is -2.13. The van der Waals surface area contributed by atoms with Gasteiger partial charge in [0.2, 0.25) is 0 Å². The smallest absolute Gasteiger partial charge is 0.126 e. The average Bonchev–Trinajstić information content (AvgIpc) is 2.66. The van der Waals surface area contributed by atoms with Crippen molar-refractivity contribution in [3.8, 4) is 11.5 Å². The molecule has 0 aromatic heterocycles. The molecule has 24 heavy (non-hydrogen) atoms. The first-order valence-corrected chi connectivity index (χ1v) is 8.31. The Kier molecular flexibility index (Phi) is 5.52. The third kappa shape index (κ3) is 4.39. The zero-order chi connectivity index (χ0) is 16.6. The van der Waals surface area contributed by atoms with Crippen molar-refractivity contribution in [1.82, 2.24) is 0 Å². The van der Waals surface area contributed by atoms with Crippen molar-refractivity contribution in [3.05, 3.63) is 95.6 Å². The van der Waals surface area contributed by atoms with Crippen LogP contribution in [-0.2, 0) is 19.6 Å². The summed E-state index contributed by atoms with van der Waals surface area (Å²) in [6, 6.07) is 26.5. The molecule has 0 heterocycles. The maximum atomic E-state index is 6.03. The first kappa shape index (κ1) is 16.1.